The largest absolute Gasteiger partial charge is 0.354 e. The molecule has 24 heavy (non-hydrogen) atoms. The Bertz CT molecular complexity index is 877. The Morgan fingerprint density at radius 2 is 1.83 bits per heavy atom. The first kappa shape index (κ1) is 17.1. The van der Waals surface area contributed by atoms with E-state index in [1.807, 2.05) is 6.07 Å². The molecule has 0 aliphatic rings. The second-order valence-electron chi connectivity index (χ2n) is 6.64. The van der Waals surface area contributed by atoms with Crippen LogP contribution in [-0.2, 0) is 6.42 Å². The van der Waals surface area contributed by atoms with Crippen molar-refractivity contribution in [1.29, 1.82) is 0 Å². The molecule has 2 aromatic carbocycles. The molecule has 0 aliphatic carbocycles. The summed E-state index contributed by atoms with van der Waals surface area (Å²) in [5.41, 5.74) is 14.4. The lowest BCUT2D eigenvalue weighted by atomic mass is 9.96. The van der Waals surface area contributed by atoms with Crippen LogP contribution in [0.2, 0.25) is 5.02 Å². The molecular formula is C21H25ClN2. The molecule has 0 bridgehead atoms. The summed E-state index contributed by atoms with van der Waals surface area (Å²) in [5, 5.41) is 2.09. The molecule has 3 aromatic rings. The summed E-state index contributed by atoms with van der Waals surface area (Å²) in [6.45, 7) is 7.13. The van der Waals surface area contributed by atoms with Crippen molar-refractivity contribution in [1.82, 2.24) is 4.98 Å². The van der Waals surface area contributed by atoms with Gasteiger partial charge < -0.3 is 10.7 Å². The number of fused-ring (bicyclic) bond motifs is 1. The van der Waals surface area contributed by atoms with E-state index < -0.39 is 0 Å². The second kappa shape index (κ2) is 7.00. The third-order valence-corrected chi connectivity index (χ3v) is 5.22. The topological polar surface area (TPSA) is 41.8 Å². The number of H-pyrrole nitrogens is 1. The van der Waals surface area contributed by atoms with Crippen LogP contribution < -0.4 is 5.73 Å². The van der Waals surface area contributed by atoms with E-state index in [0.717, 1.165) is 41.9 Å². The first-order valence-electron chi connectivity index (χ1n) is 8.60. The molecule has 0 spiro atoms. The predicted molar refractivity (Wildman–Crippen MR) is 105 cm³/mol. The van der Waals surface area contributed by atoms with E-state index in [0.29, 0.717) is 0 Å². The highest BCUT2D eigenvalue weighted by molar-refractivity contribution is 6.32. The van der Waals surface area contributed by atoms with Crippen LogP contribution in [0.5, 0.6) is 0 Å². The number of halogens is 1. The van der Waals surface area contributed by atoms with E-state index >= 15 is 0 Å². The van der Waals surface area contributed by atoms with Crippen molar-refractivity contribution in [3.05, 3.63) is 57.6 Å². The van der Waals surface area contributed by atoms with E-state index in [-0.39, 0.29) is 0 Å². The zero-order valence-corrected chi connectivity index (χ0v) is 15.4. The third-order valence-electron chi connectivity index (χ3n) is 4.81. The number of aryl methyl sites for hydroxylation is 4. The van der Waals surface area contributed by atoms with Crippen LogP contribution in [0.1, 0.15) is 35.1 Å². The fraction of sp³-hybridized carbons (Fsp3) is 0.333. The highest BCUT2D eigenvalue weighted by Crippen LogP contribution is 2.36. The molecule has 0 saturated heterocycles. The zero-order chi connectivity index (χ0) is 17.3. The van der Waals surface area contributed by atoms with Crippen LogP contribution in [0.25, 0.3) is 22.2 Å². The lowest BCUT2D eigenvalue weighted by Gasteiger charge is -2.09. The van der Waals surface area contributed by atoms with E-state index in [4.69, 9.17) is 17.3 Å². The summed E-state index contributed by atoms with van der Waals surface area (Å²) in [4.78, 5) is 3.66. The molecular weight excluding hydrogens is 316 g/mol. The summed E-state index contributed by atoms with van der Waals surface area (Å²) in [5.74, 6) is 0. The molecule has 0 radical (unpaired) electrons. The van der Waals surface area contributed by atoms with Crippen molar-refractivity contribution in [3.8, 4) is 11.3 Å². The highest BCUT2D eigenvalue weighted by Gasteiger charge is 2.16. The van der Waals surface area contributed by atoms with E-state index in [2.05, 4.69) is 50.0 Å². The molecule has 3 N–H and O–H groups in total. The molecule has 0 fully saturated rings. The fourth-order valence-electron chi connectivity index (χ4n) is 3.46. The van der Waals surface area contributed by atoms with Crippen molar-refractivity contribution in [2.45, 2.75) is 40.0 Å². The first-order valence-corrected chi connectivity index (χ1v) is 8.98. The Morgan fingerprint density at radius 3 is 2.54 bits per heavy atom. The molecule has 3 heteroatoms. The minimum Gasteiger partial charge on any atom is -0.354 e. The number of hydrogen-bond donors (Lipinski definition) is 2. The van der Waals surface area contributed by atoms with Gasteiger partial charge in [-0.05, 0) is 69.3 Å². The van der Waals surface area contributed by atoms with E-state index in [1.165, 1.54) is 33.3 Å². The van der Waals surface area contributed by atoms with Crippen molar-refractivity contribution in [3.63, 3.8) is 0 Å². The van der Waals surface area contributed by atoms with Gasteiger partial charge in [-0.2, -0.15) is 0 Å². The quantitative estimate of drug-likeness (QED) is 0.575. The third kappa shape index (κ3) is 3.09. The van der Waals surface area contributed by atoms with Gasteiger partial charge >= 0.3 is 0 Å². The van der Waals surface area contributed by atoms with Crippen LogP contribution in [0.4, 0.5) is 0 Å². The van der Waals surface area contributed by atoms with Gasteiger partial charge in [-0.1, -0.05) is 41.4 Å². The van der Waals surface area contributed by atoms with Crippen molar-refractivity contribution in [2.75, 3.05) is 6.54 Å². The second-order valence-corrected chi connectivity index (χ2v) is 7.04. The molecule has 2 nitrogen and oxygen atoms in total. The van der Waals surface area contributed by atoms with E-state index in [9.17, 15) is 0 Å². The predicted octanol–water partition coefficient (Wildman–Crippen LogP) is 5.69. The molecule has 0 saturated carbocycles. The molecule has 126 valence electrons. The number of benzene rings is 2. The SMILES string of the molecule is Cc1ccc(-c2[nH]c3c(C)c(Cl)ccc3c2CCCCN)c(C)c1. The summed E-state index contributed by atoms with van der Waals surface area (Å²) in [6.07, 6.45) is 3.18. The highest BCUT2D eigenvalue weighted by atomic mass is 35.5. The number of aromatic amines is 1. The molecule has 0 unspecified atom stereocenters. The van der Waals surface area contributed by atoms with Gasteiger partial charge in [0, 0.05) is 21.7 Å². The first-order chi connectivity index (χ1) is 11.5. The fourth-order valence-corrected chi connectivity index (χ4v) is 3.62. The van der Waals surface area contributed by atoms with Crippen LogP contribution in [-0.4, -0.2) is 11.5 Å². The Morgan fingerprint density at radius 1 is 1.04 bits per heavy atom. The van der Waals surface area contributed by atoms with Gasteiger partial charge in [0.25, 0.3) is 0 Å². The summed E-state index contributed by atoms with van der Waals surface area (Å²) < 4.78 is 0. The number of nitrogens with one attached hydrogen (secondary N) is 1. The van der Waals surface area contributed by atoms with Crippen molar-refractivity contribution >= 4 is 22.5 Å². The average Bonchev–Trinajstić information content (AvgIpc) is 2.91. The molecule has 1 aromatic heterocycles. The van der Waals surface area contributed by atoms with Crippen molar-refractivity contribution < 1.29 is 0 Å². The maximum Gasteiger partial charge on any atom is 0.0506 e. The van der Waals surface area contributed by atoms with Crippen molar-refractivity contribution in [2.24, 2.45) is 5.73 Å². The van der Waals surface area contributed by atoms with Crippen LogP contribution >= 0.6 is 11.6 Å². The van der Waals surface area contributed by atoms with Crippen LogP contribution in [0, 0.1) is 20.8 Å². The standard InChI is InChI=1S/C21H25ClN2/c1-13-7-8-16(14(2)12-13)21-17(6-4-5-11-23)18-9-10-19(22)15(3)20(18)24-21/h7-10,12,24H,4-6,11,23H2,1-3H3. The van der Waals surface area contributed by atoms with Gasteiger partial charge in [0.05, 0.1) is 5.52 Å². The minimum absolute atomic E-state index is 0.742. The maximum absolute atomic E-state index is 6.34. The normalized spacial score (nSPS) is 11.4. The van der Waals surface area contributed by atoms with Gasteiger partial charge in [0.1, 0.15) is 0 Å². The molecule has 0 amide bonds. The van der Waals surface area contributed by atoms with Gasteiger partial charge in [0.15, 0.2) is 0 Å². The molecule has 1 heterocycles. The lowest BCUT2D eigenvalue weighted by molar-refractivity contribution is 0.748. The molecule has 0 aliphatic heterocycles. The lowest BCUT2D eigenvalue weighted by Crippen LogP contribution is -1.99. The van der Waals surface area contributed by atoms with Crippen LogP contribution in [0.3, 0.4) is 0 Å². The van der Waals surface area contributed by atoms with Gasteiger partial charge in [-0.15, -0.1) is 0 Å². The summed E-state index contributed by atoms with van der Waals surface area (Å²) in [7, 11) is 0. The Kier molecular flexibility index (Phi) is 4.98. The number of rotatable bonds is 5. The number of aromatic nitrogens is 1. The molecule has 3 rings (SSSR count). The molecule has 0 atom stereocenters. The van der Waals surface area contributed by atoms with Gasteiger partial charge in [0.2, 0.25) is 0 Å². The van der Waals surface area contributed by atoms with Gasteiger partial charge in [-0.25, -0.2) is 0 Å². The van der Waals surface area contributed by atoms with E-state index in [1.54, 1.807) is 0 Å². The zero-order valence-electron chi connectivity index (χ0n) is 14.7. The smallest absolute Gasteiger partial charge is 0.0506 e. The van der Waals surface area contributed by atoms with Gasteiger partial charge in [-0.3, -0.25) is 0 Å². The minimum atomic E-state index is 0.742. The Hall–Kier alpha value is -1.77. The summed E-state index contributed by atoms with van der Waals surface area (Å²) in [6, 6.07) is 10.8. The summed E-state index contributed by atoms with van der Waals surface area (Å²) >= 11 is 6.34. The Labute approximate surface area is 149 Å². The van der Waals surface area contributed by atoms with Crippen LogP contribution in [0.15, 0.2) is 30.3 Å². The maximum atomic E-state index is 6.34. The average molecular weight is 341 g/mol. The number of nitrogens with two attached hydrogens (primary N) is 1. The number of hydrogen-bond acceptors (Lipinski definition) is 1. The number of unbranched alkanes of at least 4 members (excludes halogenated alkanes) is 1. The Balaban J connectivity index is 2.21. The monoisotopic (exact) mass is 340 g/mol.